The fraction of sp³-hybridized carbons (Fsp3) is 0.681. The third kappa shape index (κ3) is 18.3. The number of rotatable bonds is 19. The number of sulfonamides is 1. The molecule has 2 aromatic carbocycles. The molecule has 0 spiro atoms. The number of nitrogens with two attached hydrogens (primary N) is 1. The summed E-state index contributed by atoms with van der Waals surface area (Å²) in [5, 5.41) is 17.0. The van der Waals surface area contributed by atoms with Gasteiger partial charge in [-0.1, -0.05) is 71.9 Å². The van der Waals surface area contributed by atoms with Crippen molar-refractivity contribution in [2.45, 2.75) is 110 Å². The average Bonchev–Trinajstić information content (AvgIpc) is 3.89. The number of urea groups is 1. The van der Waals surface area contributed by atoms with Crippen LogP contribution in [0.4, 0.5) is 14.4 Å². The molecule has 374 valence electrons. The lowest BCUT2D eigenvalue weighted by Gasteiger charge is -2.35. The molecule has 3 heterocycles. The van der Waals surface area contributed by atoms with E-state index < -0.39 is 45.1 Å². The van der Waals surface area contributed by atoms with Crippen LogP contribution in [0.3, 0.4) is 0 Å². The Morgan fingerprint density at radius 2 is 1.58 bits per heavy atom. The van der Waals surface area contributed by atoms with E-state index in [2.05, 4.69) is 38.3 Å². The normalized spacial score (nSPS) is 18.7. The van der Waals surface area contributed by atoms with Crippen LogP contribution in [-0.4, -0.2) is 150 Å². The largest absolute Gasteiger partial charge is 0.486 e. The lowest BCUT2D eigenvalue weighted by atomic mass is 9.77. The molecule has 4 unspecified atom stereocenters. The second-order valence-electron chi connectivity index (χ2n) is 19.2. The smallest absolute Gasteiger partial charge is 0.407 e. The van der Waals surface area contributed by atoms with E-state index >= 15 is 0 Å². The van der Waals surface area contributed by atoms with Gasteiger partial charge in [0.05, 0.1) is 36.2 Å². The van der Waals surface area contributed by atoms with Crippen LogP contribution in [0.25, 0.3) is 0 Å². The standard InChI is InChI=1S/C32H45N3O9S.C12H26N2O.C3H6ClNO/c1-32(2,12-6-13-33)21-35(45(38,39)23-9-10-27-28(18-23)41-16-15-40-27)19-26(36)25(17-22-7-4-3-5-8-22)34-31(37)44-29-20-43-30-24(29)11-14-42-30;1-10(2)12(3,4)8-7-9-13-11(15)14(5)6;1-5(2)3(4)6/h3-5,7-10,18,24-26,29-30,36H,6,11-17,19-21,33H2,1-2H3,(H,34,37);10H,7-9H2,1-6H3,(H,13,15);1-2H3/t24?,25-,26?,29?,30?;;/m0../s1. The van der Waals surface area contributed by atoms with Crippen molar-refractivity contribution in [3.05, 3.63) is 54.1 Å². The minimum atomic E-state index is -4.12. The molecule has 0 radical (unpaired) electrons. The van der Waals surface area contributed by atoms with Crippen molar-refractivity contribution in [2.24, 2.45) is 28.4 Å². The lowest BCUT2D eigenvalue weighted by Crippen LogP contribution is -2.52. The maximum Gasteiger partial charge on any atom is 0.407 e. The SMILES string of the molecule is CC(C)(CCCN)CN(CC(O)[C@H](Cc1ccccc1)NC(=O)OC1COC2OCCC12)S(=O)(=O)c1ccc2c(c1)OCCO2.CC(C)C(C)(C)CCCNC(=O)N(C)C.CN(C)C(=O)Cl. The molecule has 3 aliphatic rings. The predicted octanol–water partition coefficient (Wildman–Crippen LogP) is 6.30. The third-order valence-corrected chi connectivity index (χ3v) is 14.3. The van der Waals surface area contributed by atoms with Gasteiger partial charge in [-0.25, -0.2) is 18.0 Å². The summed E-state index contributed by atoms with van der Waals surface area (Å²) in [7, 11) is 2.58. The van der Waals surface area contributed by atoms with Crippen molar-refractivity contribution in [3.8, 4) is 11.5 Å². The minimum absolute atomic E-state index is 0.00245. The number of fused-ring (bicyclic) bond motifs is 2. The molecule has 2 saturated heterocycles. The molecule has 19 heteroatoms. The Morgan fingerprint density at radius 1 is 0.924 bits per heavy atom. The zero-order valence-corrected chi connectivity index (χ0v) is 42.3. The highest BCUT2D eigenvalue weighted by Gasteiger charge is 2.44. The zero-order chi connectivity index (χ0) is 49.2. The van der Waals surface area contributed by atoms with E-state index in [1.165, 1.54) is 21.3 Å². The number of aliphatic hydroxyl groups is 1. The molecular weight excluding hydrogens is 892 g/mol. The molecular formula is C47H77ClN6O11S. The molecule has 2 aromatic rings. The third-order valence-electron chi connectivity index (χ3n) is 12.1. The van der Waals surface area contributed by atoms with E-state index in [1.807, 2.05) is 44.2 Å². The summed E-state index contributed by atoms with van der Waals surface area (Å²) < 4.78 is 57.8. The predicted molar refractivity (Wildman–Crippen MR) is 255 cm³/mol. The van der Waals surface area contributed by atoms with Gasteiger partial charge in [-0.05, 0) is 91.1 Å². The fourth-order valence-electron chi connectivity index (χ4n) is 7.26. The molecule has 2 fully saturated rings. The molecule has 5 rings (SSSR count). The van der Waals surface area contributed by atoms with Crippen molar-refractivity contribution in [1.82, 2.24) is 24.7 Å². The van der Waals surface area contributed by atoms with Gasteiger partial charge in [-0.15, -0.1) is 0 Å². The van der Waals surface area contributed by atoms with E-state index in [4.69, 9.17) is 41.0 Å². The summed E-state index contributed by atoms with van der Waals surface area (Å²) in [4.78, 5) is 37.1. The molecule has 66 heavy (non-hydrogen) atoms. The number of halogens is 1. The number of hydrogen-bond donors (Lipinski definition) is 4. The number of nitrogens with zero attached hydrogens (tertiary/aromatic N) is 3. The maximum absolute atomic E-state index is 14.2. The van der Waals surface area contributed by atoms with Crippen molar-refractivity contribution < 1.29 is 51.6 Å². The van der Waals surface area contributed by atoms with Crippen LogP contribution < -0.4 is 25.8 Å². The second kappa shape index (κ2) is 26.6. The van der Waals surface area contributed by atoms with Gasteiger partial charge in [0.25, 0.3) is 0 Å². The van der Waals surface area contributed by atoms with E-state index in [1.54, 1.807) is 39.2 Å². The number of amides is 4. The van der Waals surface area contributed by atoms with Gasteiger partial charge in [0, 0.05) is 53.9 Å². The first-order chi connectivity index (χ1) is 31.0. The molecule has 5 atom stereocenters. The van der Waals surface area contributed by atoms with Crippen molar-refractivity contribution in [1.29, 1.82) is 0 Å². The average molecular weight is 970 g/mol. The number of ether oxygens (including phenoxy) is 5. The van der Waals surface area contributed by atoms with Crippen molar-refractivity contribution in [2.75, 3.05) is 80.8 Å². The van der Waals surface area contributed by atoms with Crippen LogP contribution in [0.2, 0.25) is 0 Å². The maximum atomic E-state index is 14.2. The monoisotopic (exact) mass is 969 g/mol. The van der Waals surface area contributed by atoms with Crippen molar-refractivity contribution >= 4 is 39.1 Å². The van der Waals surface area contributed by atoms with Gasteiger partial charge < -0.3 is 55.0 Å². The quantitative estimate of drug-likeness (QED) is 0.0695. The van der Waals surface area contributed by atoms with Crippen LogP contribution in [0.15, 0.2) is 53.4 Å². The van der Waals surface area contributed by atoms with E-state index in [0.29, 0.717) is 55.6 Å². The van der Waals surface area contributed by atoms with Gasteiger partial charge in [-0.3, -0.25) is 4.79 Å². The number of alkyl carbamates (subject to hydrolysis) is 1. The van der Waals surface area contributed by atoms with Crippen molar-refractivity contribution in [3.63, 3.8) is 0 Å². The lowest BCUT2D eigenvalue weighted by molar-refractivity contribution is -0.0907. The van der Waals surface area contributed by atoms with E-state index in [9.17, 15) is 27.9 Å². The molecule has 4 amide bonds. The van der Waals surface area contributed by atoms with Gasteiger partial charge in [0.15, 0.2) is 17.8 Å². The first-order valence-corrected chi connectivity index (χ1v) is 24.6. The fourth-order valence-corrected chi connectivity index (χ4v) is 8.92. The topological polar surface area (TPSA) is 212 Å². The Kier molecular flexibility index (Phi) is 22.7. The zero-order valence-electron chi connectivity index (χ0n) is 40.7. The summed E-state index contributed by atoms with van der Waals surface area (Å²) in [6.45, 7) is 15.6. The van der Waals surface area contributed by atoms with Crippen LogP contribution in [0.1, 0.15) is 79.2 Å². The minimum Gasteiger partial charge on any atom is -0.486 e. The van der Waals surface area contributed by atoms with E-state index in [-0.39, 0.29) is 49.3 Å². The molecule has 0 bridgehead atoms. The van der Waals surface area contributed by atoms with E-state index in [0.717, 1.165) is 37.8 Å². The number of aliphatic hydroxyl groups excluding tert-OH is 1. The van der Waals surface area contributed by atoms with Gasteiger partial charge >= 0.3 is 17.5 Å². The molecule has 0 aliphatic carbocycles. The van der Waals surface area contributed by atoms with Gasteiger partial charge in [0.2, 0.25) is 10.0 Å². The van der Waals surface area contributed by atoms with Crippen LogP contribution in [0, 0.1) is 22.7 Å². The highest BCUT2D eigenvalue weighted by Crippen LogP contribution is 2.36. The Hall–Kier alpha value is -3.91. The first-order valence-electron chi connectivity index (χ1n) is 22.8. The summed E-state index contributed by atoms with van der Waals surface area (Å²) in [5.74, 6) is 1.46. The van der Waals surface area contributed by atoms with Crippen LogP contribution in [0.5, 0.6) is 11.5 Å². The van der Waals surface area contributed by atoms with Gasteiger partial charge in [-0.2, -0.15) is 4.31 Å². The molecule has 0 aromatic heterocycles. The number of carbonyl (C=O) groups is 3. The Morgan fingerprint density at radius 3 is 2.18 bits per heavy atom. The molecule has 0 saturated carbocycles. The summed E-state index contributed by atoms with van der Waals surface area (Å²) in [5.41, 5.74) is 6.54. The second-order valence-corrected chi connectivity index (χ2v) is 21.4. The summed E-state index contributed by atoms with van der Waals surface area (Å²) in [6.07, 6.45) is 1.74. The molecule has 3 aliphatic heterocycles. The van der Waals surface area contributed by atoms with Gasteiger partial charge in [0.1, 0.15) is 19.3 Å². The highest BCUT2D eigenvalue weighted by atomic mass is 35.5. The highest BCUT2D eigenvalue weighted by molar-refractivity contribution is 7.89. The van der Waals surface area contributed by atoms with Crippen LogP contribution >= 0.6 is 11.6 Å². The molecule has 5 N–H and O–H groups in total. The molecule has 17 nitrogen and oxygen atoms in total. The first kappa shape index (κ1) is 56.4. The van der Waals surface area contributed by atoms with Crippen LogP contribution in [-0.2, 0) is 30.7 Å². The number of benzene rings is 2. The Labute approximate surface area is 398 Å². The number of hydrogen-bond acceptors (Lipinski definition) is 12. The number of carbonyl (C=O) groups excluding carboxylic acids is 3. The Bertz CT molecular complexity index is 1920. The number of nitrogens with one attached hydrogen (secondary N) is 2. The Balaban J connectivity index is 0.000000457. The summed E-state index contributed by atoms with van der Waals surface area (Å²) >= 11 is 4.90. The summed E-state index contributed by atoms with van der Waals surface area (Å²) in [6, 6.07) is 13.0.